The molecule has 0 saturated carbocycles. The van der Waals surface area contributed by atoms with Crippen LogP contribution >= 0.6 is 22.9 Å². The van der Waals surface area contributed by atoms with Gasteiger partial charge in [-0.1, -0.05) is 35.1 Å². The topological polar surface area (TPSA) is 94.0 Å². The van der Waals surface area contributed by atoms with E-state index in [0.29, 0.717) is 27.2 Å². The van der Waals surface area contributed by atoms with Gasteiger partial charge in [-0.15, -0.1) is 0 Å². The summed E-state index contributed by atoms with van der Waals surface area (Å²) in [5.74, 6) is -0.0248. The molecule has 0 atom stereocenters. The fourth-order valence-corrected chi connectivity index (χ4v) is 4.68. The van der Waals surface area contributed by atoms with Crippen LogP contribution in [0.3, 0.4) is 0 Å². The molecule has 0 aliphatic rings. The van der Waals surface area contributed by atoms with Gasteiger partial charge in [0.1, 0.15) is 11.3 Å². The first kappa shape index (κ1) is 19.6. The SMILES string of the molecule is Cc1cc(NC(=O)c2cccc(S(C)(=O)=O)c2)n(-c2nc3c(Cl)cccc3s2)n1. The Morgan fingerprint density at radius 3 is 2.66 bits per heavy atom. The van der Waals surface area contributed by atoms with Crippen molar-refractivity contribution in [1.82, 2.24) is 14.8 Å². The van der Waals surface area contributed by atoms with Crippen LogP contribution in [0.25, 0.3) is 15.3 Å². The number of amides is 1. The van der Waals surface area contributed by atoms with Crippen molar-refractivity contribution in [3.63, 3.8) is 0 Å². The second-order valence-electron chi connectivity index (χ2n) is 6.42. The first-order valence-corrected chi connectivity index (χ1v) is 11.5. The largest absolute Gasteiger partial charge is 0.306 e. The number of sulfone groups is 1. The van der Waals surface area contributed by atoms with Gasteiger partial charge in [-0.3, -0.25) is 4.79 Å². The first-order chi connectivity index (χ1) is 13.7. The zero-order chi connectivity index (χ0) is 20.8. The van der Waals surface area contributed by atoms with Crippen LogP contribution in [0.4, 0.5) is 5.82 Å². The van der Waals surface area contributed by atoms with Gasteiger partial charge in [-0.05, 0) is 37.3 Å². The third-order valence-corrected chi connectivity index (χ3v) is 6.55. The fourth-order valence-electron chi connectivity index (χ4n) is 2.78. The van der Waals surface area contributed by atoms with Crippen LogP contribution in [0, 0.1) is 6.92 Å². The van der Waals surface area contributed by atoms with E-state index >= 15 is 0 Å². The number of thiazole rings is 1. The highest BCUT2D eigenvalue weighted by molar-refractivity contribution is 7.90. The Labute approximate surface area is 175 Å². The van der Waals surface area contributed by atoms with Crippen LogP contribution in [0.2, 0.25) is 5.02 Å². The van der Waals surface area contributed by atoms with Crippen LogP contribution in [0.5, 0.6) is 0 Å². The fraction of sp³-hybridized carbons (Fsp3) is 0.105. The molecule has 10 heteroatoms. The van der Waals surface area contributed by atoms with E-state index in [2.05, 4.69) is 15.4 Å². The maximum absolute atomic E-state index is 12.7. The Morgan fingerprint density at radius 2 is 1.93 bits per heavy atom. The molecule has 2 aromatic heterocycles. The summed E-state index contributed by atoms with van der Waals surface area (Å²) < 4.78 is 26.0. The lowest BCUT2D eigenvalue weighted by molar-refractivity contribution is 0.102. The van der Waals surface area contributed by atoms with Gasteiger partial charge >= 0.3 is 0 Å². The number of anilines is 1. The third kappa shape index (κ3) is 3.89. The molecule has 148 valence electrons. The molecule has 29 heavy (non-hydrogen) atoms. The Morgan fingerprint density at radius 1 is 1.17 bits per heavy atom. The molecule has 0 fully saturated rings. The quantitative estimate of drug-likeness (QED) is 0.509. The minimum atomic E-state index is -3.42. The molecule has 0 unspecified atom stereocenters. The van der Waals surface area contributed by atoms with Crippen LogP contribution in [-0.4, -0.2) is 35.3 Å². The van der Waals surface area contributed by atoms with Gasteiger partial charge in [0.05, 0.1) is 20.3 Å². The summed E-state index contributed by atoms with van der Waals surface area (Å²) in [6.07, 6.45) is 1.10. The predicted molar refractivity (Wildman–Crippen MR) is 114 cm³/mol. The summed E-state index contributed by atoms with van der Waals surface area (Å²) in [6.45, 7) is 1.80. The monoisotopic (exact) mass is 446 g/mol. The van der Waals surface area contributed by atoms with Gasteiger partial charge in [-0.2, -0.15) is 9.78 Å². The zero-order valence-corrected chi connectivity index (χ0v) is 17.8. The molecule has 0 saturated heterocycles. The third-order valence-electron chi connectivity index (χ3n) is 4.14. The number of carbonyl (C=O) groups excluding carboxylic acids is 1. The van der Waals surface area contributed by atoms with Crippen molar-refractivity contribution in [3.05, 3.63) is 64.8 Å². The van der Waals surface area contributed by atoms with Crippen molar-refractivity contribution < 1.29 is 13.2 Å². The Hall–Kier alpha value is -2.75. The predicted octanol–water partition coefficient (Wildman–Crippen LogP) is 4.10. The highest BCUT2D eigenvalue weighted by Gasteiger charge is 2.17. The van der Waals surface area contributed by atoms with Crippen LogP contribution in [0.15, 0.2) is 53.4 Å². The molecule has 4 aromatic rings. The number of fused-ring (bicyclic) bond motifs is 1. The van der Waals surface area contributed by atoms with Crippen molar-refractivity contribution in [2.45, 2.75) is 11.8 Å². The van der Waals surface area contributed by atoms with E-state index in [1.54, 1.807) is 25.1 Å². The number of rotatable bonds is 4. The molecule has 1 amide bonds. The van der Waals surface area contributed by atoms with Gasteiger partial charge in [0.25, 0.3) is 5.91 Å². The molecular formula is C19H15ClN4O3S2. The van der Waals surface area contributed by atoms with Gasteiger partial charge in [-0.25, -0.2) is 13.4 Å². The summed E-state index contributed by atoms with van der Waals surface area (Å²) in [7, 11) is -3.42. The zero-order valence-electron chi connectivity index (χ0n) is 15.4. The van der Waals surface area contributed by atoms with Crippen molar-refractivity contribution >= 4 is 54.7 Å². The van der Waals surface area contributed by atoms with Crippen LogP contribution in [0.1, 0.15) is 16.1 Å². The van der Waals surface area contributed by atoms with Crippen molar-refractivity contribution in [3.8, 4) is 5.13 Å². The molecule has 0 bridgehead atoms. The molecule has 0 aliphatic carbocycles. The highest BCUT2D eigenvalue weighted by Crippen LogP contribution is 2.31. The Bertz CT molecular complexity index is 1360. The maximum Gasteiger partial charge on any atom is 0.256 e. The first-order valence-electron chi connectivity index (χ1n) is 8.46. The van der Waals surface area contributed by atoms with Crippen molar-refractivity contribution in [2.24, 2.45) is 0 Å². The molecule has 0 spiro atoms. The van der Waals surface area contributed by atoms with E-state index in [4.69, 9.17) is 11.6 Å². The Kier molecular flexibility index (Phi) is 4.89. The summed E-state index contributed by atoms with van der Waals surface area (Å²) >= 11 is 7.61. The number of hydrogen-bond donors (Lipinski definition) is 1. The minimum Gasteiger partial charge on any atom is -0.306 e. The molecule has 1 N–H and O–H groups in total. The molecule has 2 aromatic carbocycles. The number of carbonyl (C=O) groups is 1. The maximum atomic E-state index is 12.7. The average Bonchev–Trinajstić information content (AvgIpc) is 3.25. The number of aromatic nitrogens is 3. The summed E-state index contributed by atoms with van der Waals surface area (Å²) in [4.78, 5) is 17.3. The molecule has 0 aliphatic heterocycles. The van der Waals surface area contributed by atoms with Crippen LogP contribution in [-0.2, 0) is 9.84 Å². The van der Waals surface area contributed by atoms with Gasteiger partial charge in [0.2, 0.25) is 5.13 Å². The van der Waals surface area contributed by atoms with Crippen molar-refractivity contribution in [1.29, 1.82) is 0 Å². The molecule has 2 heterocycles. The van der Waals surface area contributed by atoms with Gasteiger partial charge in [0, 0.05) is 17.9 Å². The minimum absolute atomic E-state index is 0.0793. The second-order valence-corrected chi connectivity index (χ2v) is 9.85. The summed E-state index contributed by atoms with van der Waals surface area (Å²) in [5.41, 5.74) is 1.58. The molecule has 7 nitrogen and oxygen atoms in total. The van der Waals surface area contributed by atoms with Crippen molar-refractivity contribution in [2.75, 3.05) is 11.6 Å². The number of para-hydroxylation sites is 1. The van der Waals surface area contributed by atoms with Crippen LogP contribution < -0.4 is 5.32 Å². The number of benzene rings is 2. The average molecular weight is 447 g/mol. The van der Waals surface area contributed by atoms with E-state index in [1.807, 2.05) is 12.1 Å². The van der Waals surface area contributed by atoms with Gasteiger partial charge < -0.3 is 5.32 Å². The lowest BCUT2D eigenvalue weighted by Crippen LogP contribution is -2.15. The molecule has 4 rings (SSSR count). The standard InChI is InChI=1S/C19H15ClN4O3S2/c1-11-9-16(21-18(25)12-5-3-6-13(10-12)29(2,26)27)24(23-11)19-22-17-14(20)7-4-8-15(17)28-19/h3-10H,1-2H3,(H,21,25). The highest BCUT2D eigenvalue weighted by atomic mass is 35.5. The van der Waals surface area contributed by atoms with E-state index in [0.717, 1.165) is 11.0 Å². The number of nitrogens with zero attached hydrogens (tertiary/aromatic N) is 3. The number of nitrogens with one attached hydrogen (secondary N) is 1. The summed E-state index contributed by atoms with van der Waals surface area (Å²) in [5, 5.41) is 8.30. The molecule has 0 radical (unpaired) electrons. The number of hydrogen-bond acceptors (Lipinski definition) is 6. The van der Waals surface area contributed by atoms with E-state index in [9.17, 15) is 13.2 Å². The van der Waals surface area contributed by atoms with E-state index < -0.39 is 15.7 Å². The lowest BCUT2D eigenvalue weighted by atomic mass is 10.2. The van der Waals surface area contributed by atoms with Gasteiger partial charge in [0.15, 0.2) is 9.84 Å². The lowest BCUT2D eigenvalue weighted by Gasteiger charge is -2.07. The number of aryl methyl sites for hydroxylation is 1. The summed E-state index contributed by atoms with van der Waals surface area (Å²) in [6, 6.07) is 13.1. The smallest absolute Gasteiger partial charge is 0.256 e. The van der Waals surface area contributed by atoms with E-state index in [-0.39, 0.29) is 10.5 Å². The normalized spacial score (nSPS) is 11.7. The Balaban J connectivity index is 1.70. The molecular weight excluding hydrogens is 432 g/mol. The second kappa shape index (κ2) is 7.25. The van der Waals surface area contributed by atoms with E-state index in [1.165, 1.54) is 34.2 Å². The number of halogens is 1.